The molecule has 0 saturated carbocycles. The molecular weight excluding hydrogens is 268 g/mol. The van der Waals surface area contributed by atoms with Gasteiger partial charge in [-0.05, 0) is 41.3 Å². The van der Waals surface area contributed by atoms with E-state index in [0.29, 0.717) is 0 Å². The van der Waals surface area contributed by atoms with E-state index in [2.05, 4.69) is 38.1 Å². The van der Waals surface area contributed by atoms with Gasteiger partial charge in [-0.25, -0.2) is 4.79 Å². The maximum Gasteiger partial charge on any atom is 0.509 e. The Balaban J connectivity index is 1.81. The Kier molecular flexibility index (Phi) is 1.97. The molecule has 0 amide bonds. The van der Waals surface area contributed by atoms with Crippen LogP contribution in [0.4, 0.5) is 4.79 Å². The Morgan fingerprint density at radius 1 is 0.952 bits per heavy atom. The standard InChI is InChI=1S/C17H14O4/c1-7-3-4-9-8(2)6-11-12(10(9)5-7)14-16-15(13(11)19-14)20-17(18)21-16/h3-6,13-16H,1-2H3/t13-,14+,15+,16-/m0/s1. The van der Waals surface area contributed by atoms with Crippen LogP contribution in [0.15, 0.2) is 24.3 Å². The highest BCUT2D eigenvalue weighted by molar-refractivity contribution is 5.91. The van der Waals surface area contributed by atoms with Crippen LogP contribution in [0, 0.1) is 13.8 Å². The number of aryl methyl sites for hydroxylation is 2. The molecule has 0 aromatic heterocycles. The predicted molar refractivity (Wildman–Crippen MR) is 75.1 cm³/mol. The molecule has 3 heterocycles. The third kappa shape index (κ3) is 1.31. The molecule has 2 bridgehead atoms. The summed E-state index contributed by atoms with van der Waals surface area (Å²) in [6.45, 7) is 4.20. The highest BCUT2D eigenvalue weighted by Gasteiger charge is 2.60. The molecule has 21 heavy (non-hydrogen) atoms. The van der Waals surface area contributed by atoms with Crippen molar-refractivity contribution in [3.05, 3.63) is 46.5 Å². The zero-order chi connectivity index (χ0) is 14.3. The van der Waals surface area contributed by atoms with Crippen LogP contribution in [0.25, 0.3) is 10.8 Å². The molecule has 4 atom stereocenters. The number of carbonyl (C=O) groups is 1. The summed E-state index contributed by atoms with van der Waals surface area (Å²) in [6.07, 6.45) is -1.57. The number of hydrogen-bond donors (Lipinski definition) is 0. The van der Waals surface area contributed by atoms with E-state index in [9.17, 15) is 4.79 Å². The molecule has 2 fully saturated rings. The Morgan fingerprint density at radius 3 is 2.52 bits per heavy atom. The van der Waals surface area contributed by atoms with Crippen LogP contribution in [-0.4, -0.2) is 18.4 Å². The SMILES string of the molecule is Cc1ccc2c(C)cc3c(c2c1)[C@H]1O[C@@H]3[C@H]2OC(=O)O[C@H]21. The van der Waals surface area contributed by atoms with Crippen LogP contribution in [0.1, 0.15) is 34.5 Å². The third-order valence-corrected chi connectivity index (χ3v) is 4.84. The van der Waals surface area contributed by atoms with Gasteiger partial charge >= 0.3 is 6.16 Å². The van der Waals surface area contributed by atoms with Crippen molar-refractivity contribution in [2.75, 3.05) is 0 Å². The molecule has 0 unspecified atom stereocenters. The van der Waals surface area contributed by atoms with Gasteiger partial charge < -0.3 is 14.2 Å². The van der Waals surface area contributed by atoms with Crippen molar-refractivity contribution in [3.63, 3.8) is 0 Å². The second kappa shape index (κ2) is 3.57. The normalized spacial score (nSPS) is 32.0. The summed E-state index contributed by atoms with van der Waals surface area (Å²) in [5.74, 6) is 0. The Hall–Kier alpha value is -2.07. The molecule has 4 nitrogen and oxygen atoms in total. The van der Waals surface area contributed by atoms with Gasteiger partial charge in [0.1, 0.15) is 12.2 Å². The molecule has 0 N–H and O–H groups in total. The van der Waals surface area contributed by atoms with Crippen molar-refractivity contribution in [2.24, 2.45) is 0 Å². The van der Waals surface area contributed by atoms with E-state index >= 15 is 0 Å². The summed E-state index contributed by atoms with van der Waals surface area (Å²) in [6, 6.07) is 8.64. The fourth-order valence-electron chi connectivity index (χ4n) is 3.97. The van der Waals surface area contributed by atoms with Crippen LogP contribution < -0.4 is 0 Å². The van der Waals surface area contributed by atoms with Crippen LogP contribution in [-0.2, 0) is 14.2 Å². The molecule has 2 aromatic rings. The monoisotopic (exact) mass is 282 g/mol. The molecule has 0 aliphatic carbocycles. The predicted octanol–water partition coefficient (Wildman–Crippen LogP) is 3.49. The number of fused-ring (bicyclic) bond motifs is 10. The third-order valence-electron chi connectivity index (χ3n) is 4.84. The Bertz CT molecular complexity index is 810. The van der Waals surface area contributed by atoms with E-state index in [0.717, 1.165) is 5.56 Å². The molecule has 2 aromatic carbocycles. The molecule has 0 radical (unpaired) electrons. The lowest BCUT2D eigenvalue weighted by Crippen LogP contribution is -2.28. The largest absolute Gasteiger partial charge is 0.509 e. The quantitative estimate of drug-likeness (QED) is 0.694. The molecule has 2 saturated heterocycles. The maximum absolute atomic E-state index is 11.4. The lowest BCUT2D eigenvalue weighted by molar-refractivity contribution is -0.00556. The van der Waals surface area contributed by atoms with Gasteiger partial charge in [0.25, 0.3) is 0 Å². The smallest absolute Gasteiger partial charge is 0.424 e. The van der Waals surface area contributed by atoms with Crippen molar-refractivity contribution in [1.82, 2.24) is 0 Å². The van der Waals surface area contributed by atoms with E-state index < -0.39 is 6.16 Å². The van der Waals surface area contributed by atoms with E-state index in [1.54, 1.807) is 0 Å². The number of carbonyl (C=O) groups excluding carboxylic acids is 1. The van der Waals surface area contributed by atoms with Crippen LogP contribution in [0.3, 0.4) is 0 Å². The molecule has 5 rings (SSSR count). The fraction of sp³-hybridized carbons (Fsp3) is 0.353. The van der Waals surface area contributed by atoms with E-state index in [1.807, 2.05) is 0 Å². The topological polar surface area (TPSA) is 44.8 Å². The van der Waals surface area contributed by atoms with Gasteiger partial charge in [0.2, 0.25) is 0 Å². The van der Waals surface area contributed by atoms with Gasteiger partial charge in [-0.3, -0.25) is 0 Å². The van der Waals surface area contributed by atoms with Crippen LogP contribution in [0.5, 0.6) is 0 Å². The first kappa shape index (κ1) is 11.6. The number of rotatable bonds is 0. The van der Waals surface area contributed by atoms with Crippen LogP contribution >= 0.6 is 0 Å². The zero-order valence-corrected chi connectivity index (χ0v) is 11.8. The Morgan fingerprint density at radius 2 is 1.71 bits per heavy atom. The van der Waals surface area contributed by atoms with Gasteiger partial charge in [-0.2, -0.15) is 0 Å². The first-order valence-corrected chi connectivity index (χ1v) is 7.20. The lowest BCUT2D eigenvalue weighted by atomic mass is 9.83. The minimum atomic E-state index is -0.576. The van der Waals surface area contributed by atoms with Gasteiger partial charge in [0.05, 0.1) is 0 Å². The molecular formula is C17H14O4. The highest BCUT2D eigenvalue weighted by atomic mass is 16.8. The van der Waals surface area contributed by atoms with Crippen LogP contribution in [0.2, 0.25) is 0 Å². The highest BCUT2D eigenvalue weighted by Crippen LogP contribution is 2.57. The summed E-state index contributed by atoms with van der Waals surface area (Å²) >= 11 is 0. The number of hydrogen-bond acceptors (Lipinski definition) is 4. The first-order valence-electron chi connectivity index (χ1n) is 7.20. The summed E-state index contributed by atoms with van der Waals surface area (Å²) in [5.41, 5.74) is 4.76. The minimum absolute atomic E-state index is 0.190. The maximum atomic E-state index is 11.4. The summed E-state index contributed by atoms with van der Waals surface area (Å²) in [5, 5.41) is 2.44. The van der Waals surface area contributed by atoms with Crippen molar-refractivity contribution < 1.29 is 19.0 Å². The second-order valence-corrected chi connectivity index (χ2v) is 6.14. The summed E-state index contributed by atoms with van der Waals surface area (Å²) in [7, 11) is 0. The molecule has 4 heteroatoms. The molecule has 106 valence electrons. The lowest BCUT2D eigenvalue weighted by Gasteiger charge is -2.22. The van der Waals surface area contributed by atoms with Gasteiger partial charge in [0, 0.05) is 0 Å². The van der Waals surface area contributed by atoms with Gasteiger partial charge in [-0.15, -0.1) is 0 Å². The van der Waals surface area contributed by atoms with Crippen molar-refractivity contribution in [2.45, 2.75) is 38.3 Å². The van der Waals surface area contributed by atoms with Crippen molar-refractivity contribution in [1.29, 1.82) is 0 Å². The second-order valence-electron chi connectivity index (χ2n) is 6.14. The van der Waals surface area contributed by atoms with E-state index in [4.69, 9.17) is 14.2 Å². The molecule has 3 aliphatic rings. The van der Waals surface area contributed by atoms with Gasteiger partial charge in [-0.1, -0.05) is 29.8 Å². The summed E-state index contributed by atoms with van der Waals surface area (Å²) in [4.78, 5) is 11.4. The minimum Gasteiger partial charge on any atom is -0.424 e. The number of ether oxygens (including phenoxy) is 3. The van der Waals surface area contributed by atoms with E-state index in [1.165, 1.54) is 27.5 Å². The van der Waals surface area contributed by atoms with Gasteiger partial charge in [0.15, 0.2) is 12.2 Å². The molecule has 0 spiro atoms. The first-order chi connectivity index (χ1) is 10.1. The Labute approximate surface area is 121 Å². The average Bonchev–Trinajstić information content (AvgIpc) is 3.07. The van der Waals surface area contributed by atoms with Crippen molar-refractivity contribution >= 4 is 16.9 Å². The number of benzene rings is 2. The average molecular weight is 282 g/mol. The van der Waals surface area contributed by atoms with Crippen molar-refractivity contribution in [3.8, 4) is 0 Å². The molecule has 3 aliphatic heterocycles. The summed E-state index contributed by atoms with van der Waals surface area (Å²) < 4.78 is 16.6. The zero-order valence-electron chi connectivity index (χ0n) is 11.8. The van der Waals surface area contributed by atoms with E-state index in [-0.39, 0.29) is 24.4 Å². The fourth-order valence-corrected chi connectivity index (χ4v) is 3.97.